The van der Waals surface area contributed by atoms with Crippen LogP contribution in [0.25, 0.3) is 0 Å². The lowest BCUT2D eigenvalue weighted by Crippen LogP contribution is -2.17. The van der Waals surface area contributed by atoms with Gasteiger partial charge >= 0.3 is 18.2 Å². The Hall–Kier alpha value is -2.70. The van der Waals surface area contributed by atoms with E-state index in [0.29, 0.717) is 17.5 Å². The van der Waals surface area contributed by atoms with E-state index >= 15 is 0 Å². The highest BCUT2D eigenvalue weighted by Gasteiger charge is 2.22. The van der Waals surface area contributed by atoms with Gasteiger partial charge in [0.2, 0.25) is 0 Å². The molecule has 2 aromatic carbocycles. The number of benzene rings is 2. The summed E-state index contributed by atoms with van der Waals surface area (Å²) >= 11 is 0. The maximum atomic E-state index is 12.2. The molecule has 0 saturated heterocycles. The number of carbonyl (C=O) groups is 2. The van der Waals surface area contributed by atoms with Crippen LogP contribution in [0.3, 0.4) is 0 Å². The molecule has 0 aromatic heterocycles. The maximum absolute atomic E-state index is 12.2. The zero-order valence-corrected chi connectivity index (χ0v) is 16.5. The third-order valence-electron chi connectivity index (χ3n) is 4.03. The van der Waals surface area contributed by atoms with Crippen LogP contribution >= 0.6 is 0 Å². The lowest BCUT2D eigenvalue weighted by Gasteiger charge is -2.14. The second-order valence-electron chi connectivity index (χ2n) is 6.52. The van der Waals surface area contributed by atoms with Crippen molar-refractivity contribution >= 4 is 11.9 Å². The summed E-state index contributed by atoms with van der Waals surface area (Å²) < 4.78 is 0. The van der Waals surface area contributed by atoms with E-state index < -0.39 is 11.9 Å². The maximum Gasteiger partial charge on any atom is 0.373 e. The largest absolute Gasteiger partial charge is 0.373 e. The van der Waals surface area contributed by atoms with Crippen LogP contribution in [-0.4, -0.2) is 11.9 Å². The molecule has 0 bridgehead atoms. The van der Waals surface area contributed by atoms with Crippen LogP contribution in [0.1, 0.15) is 55.8 Å². The average Bonchev–Trinajstić information content (AvgIpc) is 2.67. The normalized spacial score (nSPS) is 10.8. The molecule has 6 nitrogen and oxygen atoms in total. The van der Waals surface area contributed by atoms with Crippen molar-refractivity contribution in [2.45, 2.75) is 40.5 Å². The molecule has 0 heterocycles. The molecule has 148 valence electrons. The van der Waals surface area contributed by atoms with Crippen LogP contribution in [0.15, 0.2) is 36.4 Å². The van der Waals surface area contributed by atoms with E-state index in [1.54, 1.807) is 26.0 Å². The number of carbonyl (C=O) groups excluding carboxylic acids is 2. The SMILES string of the molecule is [CH2]CC[C](OOC(=O)c1cc(C)ccc1C)OOC(=O)c1cc(C)ccc1C. The molecule has 6 heteroatoms. The Labute approximate surface area is 165 Å². The van der Waals surface area contributed by atoms with Crippen LogP contribution < -0.4 is 0 Å². The molecule has 2 aromatic rings. The second-order valence-corrected chi connectivity index (χ2v) is 6.52. The Morgan fingerprint density at radius 3 is 1.57 bits per heavy atom. The number of rotatable bonds is 8. The Bertz CT molecular complexity index is 775. The quantitative estimate of drug-likeness (QED) is 0.476. The summed E-state index contributed by atoms with van der Waals surface area (Å²) in [4.78, 5) is 44.1. The fourth-order valence-corrected chi connectivity index (χ4v) is 2.41. The molecule has 28 heavy (non-hydrogen) atoms. The van der Waals surface area contributed by atoms with Gasteiger partial charge in [-0.1, -0.05) is 42.3 Å². The Morgan fingerprint density at radius 1 is 0.750 bits per heavy atom. The van der Waals surface area contributed by atoms with Crippen LogP contribution in [0.2, 0.25) is 0 Å². The Morgan fingerprint density at radius 2 is 1.18 bits per heavy atom. The Kier molecular flexibility index (Phi) is 7.72. The van der Waals surface area contributed by atoms with Crippen LogP contribution in [0.5, 0.6) is 0 Å². The number of aryl methyl sites for hydroxylation is 4. The highest BCUT2D eigenvalue weighted by Crippen LogP contribution is 2.19. The molecule has 0 aliphatic heterocycles. The summed E-state index contributed by atoms with van der Waals surface area (Å²) in [5, 5.41) is 0. The van der Waals surface area contributed by atoms with Crippen molar-refractivity contribution in [1.82, 2.24) is 0 Å². The van der Waals surface area contributed by atoms with E-state index in [0.717, 1.165) is 22.3 Å². The predicted octanol–water partition coefficient (Wildman–Crippen LogP) is 4.90. The van der Waals surface area contributed by atoms with Gasteiger partial charge in [-0.05, 0) is 57.4 Å². The topological polar surface area (TPSA) is 71.1 Å². The first-order valence-corrected chi connectivity index (χ1v) is 8.89. The number of hydrogen-bond acceptors (Lipinski definition) is 6. The van der Waals surface area contributed by atoms with Crippen molar-refractivity contribution < 1.29 is 29.1 Å². The van der Waals surface area contributed by atoms with Gasteiger partial charge in [0.25, 0.3) is 0 Å². The smallest absolute Gasteiger partial charge is 0.289 e. The average molecular weight is 384 g/mol. The van der Waals surface area contributed by atoms with Crippen molar-refractivity contribution in [2.75, 3.05) is 0 Å². The van der Waals surface area contributed by atoms with Gasteiger partial charge in [0.05, 0.1) is 11.1 Å². The van der Waals surface area contributed by atoms with Gasteiger partial charge in [-0.3, -0.25) is 9.78 Å². The van der Waals surface area contributed by atoms with Crippen LogP contribution in [0, 0.1) is 40.9 Å². The molecule has 0 N–H and O–H groups in total. The summed E-state index contributed by atoms with van der Waals surface area (Å²) in [6.45, 7) is 11.0. The standard InChI is InChI=1S/C22H24O6/c1-6-7-20(25-27-21(23)18-12-14(2)8-10-16(18)4)26-28-22(24)19-13-15(3)9-11-17(19)5/h8-13H,1,6-7H2,2-5H3. The lowest BCUT2D eigenvalue weighted by atomic mass is 10.1. The molecule has 0 saturated carbocycles. The summed E-state index contributed by atoms with van der Waals surface area (Å²) in [6, 6.07) is 10.8. The molecule has 2 rings (SSSR count). The van der Waals surface area contributed by atoms with E-state index in [9.17, 15) is 9.59 Å². The summed E-state index contributed by atoms with van der Waals surface area (Å²) in [5.41, 5.74) is 4.08. The van der Waals surface area contributed by atoms with Gasteiger partial charge in [-0.25, -0.2) is 9.59 Å². The zero-order chi connectivity index (χ0) is 20.7. The minimum Gasteiger partial charge on any atom is -0.289 e. The Balaban J connectivity index is 1.95. The first-order chi connectivity index (χ1) is 13.3. The van der Waals surface area contributed by atoms with Gasteiger partial charge in [0, 0.05) is 6.42 Å². The van der Waals surface area contributed by atoms with E-state index in [4.69, 9.17) is 19.6 Å². The zero-order valence-electron chi connectivity index (χ0n) is 16.5. The summed E-state index contributed by atoms with van der Waals surface area (Å²) in [7, 11) is 0. The molecule has 0 unspecified atom stereocenters. The molecule has 0 spiro atoms. The fourth-order valence-electron chi connectivity index (χ4n) is 2.41. The van der Waals surface area contributed by atoms with E-state index in [1.165, 1.54) is 0 Å². The van der Waals surface area contributed by atoms with Crippen LogP contribution in [-0.2, 0) is 19.6 Å². The first-order valence-electron chi connectivity index (χ1n) is 8.89. The highest BCUT2D eigenvalue weighted by atomic mass is 17.3. The van der Waals surface area contributed by atoms with Crippen molar-refractivity contribution in [3.05, 3.63) is 83.0 Å². The predicted molar refractivity (Wildman–Crippen MR) is 103 cm³/mol. The fraction of sp³-hybridized carbons (Fsp3) is 0.273. The van der Waals surface area contributed by atoms with E-state index in [1.807, 2.05) is 38.1 Å². The number of hydrogen-bond donors (Lipinski definition) is 0. The van der Waals surface area contributed by atoms with Crippen molar-refractivity contribution in [3.63, 3.8) is 0 Å². The van der Waals surface area contributed by atoms with Crippen molar-refractivity contribution in [1.29, 1.82) is 0 Å². The van der Waals surface area contributed by atoms with Crippen molar-refractivity contribution in [3.8, 4) is 0 Å². The second kappa shape index (κ2) is 10.0. The minimum atomic E-state index is -0.674. The van der Waals surface area contributed by atoms with E-state index in [-0.39, 0.29) is 12.7 Å². The third kappa shape index (κ3) is 5.90. The molecule has 2 radical (unpaired) electrons. The monoisotopic (exact) mass is 384 g/mol. The first kappa shape index (κ1) is 21.6. The molecule has 0 amide bonds. The van der Waals surface area contributed by atoms with Gasteiger partial charge in [-0.15, -0.1) is 9.78 Å². The highest BCUT2D eigenvalue weighted by molar-refractivity contribution is 5.91. The minimum absolute atomic E-state index is 0.174. The van der Waals surface area contributed by atoms with Gasteiger partial charge in [0.1, 0.15) is 0 Å². The lowest BCUT2D eigenvalue weighted by molar-refractivity contribution is -0.363. The summed E-state index contributed by atoms with van der Waals surface area (Å²) in [6.07, 6.45) is 0.393. The van der Waals surface area contributed by atoms with Gasteiger partial charge in [0.15, 0.2) is 0 Å². The molecule has 0 atom stereocenters. The van der Waals surface area contributed by atoms with Crippen LogP contribution in [0.4, 0.5) is 0 Å². The third-order valence-corrected chi connectivity index (χ3v) is 4.03. The molecular weight excluding hydrogens is 360 g/mol. The molecule has 0 aliphatic carbocycles. The van der Waals surface area contributed by atoms with Crippen molar-refractivity contribution in [2.24, 2.45) is 0 Å². The molecule has 0 aliphatic rings. The van der Waals surface area contributed by atoms with E-state index in [2.05, 4.69) is 6.92 Å². The molecule has 0 fully saturated rings. The summed E-state index contributed by atoms with van der Waals surface area (Å²) in [5.74, 6) is -1.35. The molecular formula is C22H24O6. The van der Waals surface area contributed by atoms with Gasteiger partial charge in [-0.2, -0.15) is 0 Å². The van der Waals surface area contributed by atoms with Gasteiger partial charge < -0.3 is 0 Å².